The summed E-state index contributed by atoms with van der Waals surface area (Å²) in [6.07, 6.45) is 1.67. The van der Waals surface area contributed by atoms with Crippen LogP contribution in [0, 0.1) is 0 Å². The van der Waals surface area contributed by atoms with E-state index in [1.54, 1.807) is 18.5 Å². The molecular weight excluding hydrogens is 370 g/mol. The van der Waals surface area contributed by atoms with Crippen molar-refractivity contribution in [3.63, 3.8) is 0 Å². The molecule has 0 unspecified atom stereocenters. The highest BCUT2D eigenvalue weighted by molar-refractivity contribution is 5.89. The van der Waals surface area contributed by atoms with Crippen LogP contribution in [0.2, 0.25) is 0 Å². The minimum Gasteiger partial charge on any atom is -0.471 e. The molecule has 2 N–H and O–H groups in total. The number of esters is 1. The molecule has 0 spiro atoms. The van der Waals surface area contributed by atoms with Crippen LogP contribution in [0.3, 0.4) is 0 Å². The van der Waals surface area contributed by atoms with Crippen LogP contribution >= 0.6 is 0 Å². The van der Waals surface area contributed by atoms with Gasteiger partial charge in [-0.15, -0.1) is 0 Å². The Balaban J connectivity index is 1.58. The molecule has 0 saturated carbocycles. The maximum absolute atomic E-state index is 11.6. The molecule has 2 heterocycles. The maximum Gasteiger partial charge on any atom is 0.337 e. The molecule has 0 aliphatic heterocycles. The lowest BCUT2D eigenvalue weighted by Crippen LogP contribution is -2.05. The van der Waals surface area contributed by atoms with E-state index in [1.165, 1.54) is 7.11 Å². The highest BCUT2D eigenvalue weighted by Crippen LogP contribution is 2.23. The monoisotopic (exact) mass is 389 g/mol. The molecule has 0 saturated heterocycles. The average molecular weight is 389 g/mol. The van der Waals surface area contributed by atoms with Gasteiger partial charge in [0.05, 0.1) is 25.5 Å². The smallest absolute Gasteiger partial charge is 0.337 e. The Hall–Kier alpha value is -3.94. The Labute approximate surface area is 166 Å². The first-order valence-electron chi connectivity index (χ1n) is 8.96. The highest BCUT2D eigenvalue weighted by atomic mass is 16.5. The molecule has 0 aliphatic carbocycles. The number of hydrogen-bond acceptors (Lipinski definition) is 7. The fourth-order valence-electron chi connectivity index (χ4n) is 2.94. The quantitative estimate of drug-likeness (QED) is 0.506. The number of nitrogen functional groups attached to an aromatic ring is 1. The van der Waals surface area contributed by atoms with Gasteiger partial charge in [0, 0.05) is 0 Å². The number of aromatic nitrogens is 4. The molecule has 4 rings (SSSR count). The van der Waals surface area contributed by atoms with Gasteiger partial charge in [0.1, 0.15) is 6.61 Å². The summed E-state index contributed by atoms with van der Waals surface area (Å²) in [5.41, 5.74) is 9.50. The molecule has 8 heteroatoms. The number of hydrogen-bond donors (Lipinski definition) is 1. The number of benzene rings is 2. The fraction of sp³-hybridized carbons (Fsp3) is 0.143. The number of carbonyl (C=O) groups excluding carboxylic acids is 1. The third-order valence-electron chi connectivity index (χ3n) is 4.40. The van der Waals surface area contributed by atoms with E-state index in [9.17, 15) is 4.79 Å². The van der Waals surface area contributed by atoms with E-state index < -0.39 is 0 Å². The van der Waals surface area contributed by atoms with Crippen molar-refractivity contribution in [3.8, 4) is 5.88 Å². The minimum atomic E-state index is -0.370. The fourth-order valence-corrected chi connectivity index (χ4v) is 2.94. The Bertz CT molecular complexity index is 1140. The van der Waals surface area contributed by atoms with Gasteiger partial charge in [-0.05, 0) is 23.3 Å². The van der Waals surface area contributed by atoms with Gasteiger partial charge in [-0.25, -0.2) is 9.78 Å². The summed E-state index contributed by atoms with van der Waals surface area (Å²) in [4.78, 5) is 24.5. The minimum absolute atomic E-state index is 0.114. The van der Waals surface area contributed by atoms with Gasteiger partial charge in [0.25, 0.3) is 0 Å². The average Bonchev–Trinajstić information content (AvgIpc) is 3.15. The van der Waals surface area contributed by atoms with E-state index >= 15 is 0 Å². The molecule has 0 amide bonds. The van der Waals surface area contributed by atoms with Crippen LogP contribution < -0.4 is 10.5 Å². The van der Waals surface area contributed by atoms with Crippen molar-refractivity contribution in [1.82, 2.24) is 19.5 Å². The van der Waals surface area contributed by atoms with E-state index in [-0.39, 0.29) is 11.9 Å². The number of nitrogens with zero attached hydrogens (tertiary/aromatic N) is 4. The predicted octanol–water partition coefficient (Wildman–Crippen LogP) is 2.82. The number of methoxy groups -OCH3 is 1. The van der Waals surface area contributed by atoms with Crippen LogP contribution in [0.1, 0.15) is 21.5 Å². The SMILES string of the molecule is COC(=O)c1ccc(Cn2cnc3c(OCc4ccccc4)nc(N)nc32)cc1. The maximum atomic E-state index is 11.6. The molecule has 4 aromatic rings. The normalized spacial score (nSPS) is 10.8. The van der Waals surface area contributed by atoms with Gasteiger partial charge in [0.15, 0.2) is 11.2 Å². The van der Waals surface area contributed by atoms with E-state index in [4.69, 9.17) is 15.2 Å². The summed E-state index contributed by atoms with van der Waals surface area (Å²) in [6.45, 7) is 0.862. The van der Waals surface area contributed by atoms with Gasteiger partial charge in [-0.2, -0.15) is 9.97 Å². The van der Waals surface area contributed by atoms with E-state index in [0.29, 0.717) is 35.8 Å². The van der Waals surface area contributed by atoms with Crippen molar-refractivity contribution in [1.29, 1.82) is 0 Å². The Morgan fingerprint density at radius 2 is 1.79 bits per heavy atom. The van der Waals surface area contributed by atoms with Crippen LogP contribution in [0.4, 0.5) is 5.95 Å². The number of rotatable bonds is 6. The summed E-state index contributed by atoms with van der Waals surface area (Å²) < 4.78 is 12.4. The van der Waals surface area contributed by atoms with Crippen LogP contribution in [0.15, 0.2) is 60.9 Å². The summed E-state index contributed by atoms with van der Waals surface area (Å²) in [6, 6.07) is 16.9. The molecule has 0 aliphatic rings. The second-order valence-corrected chi connectivity index (χ2v) is 6.39. The number of ether oxygens (including phenoxy) is 2. The number of imidazole rings is 1. The van der Waals surface area contributed by atoms with Crippen molar-refractivity contribution in [2.75, 3.05) is 12.8 Å². The van der Waals surface area contributed by atoms with Gasteiger partial charge >= 0.3 is 5.97 Å². The first kappa shape index (κ1) is 18.4. The third kappa shape index (κ3) is 4.01. The molecule has 8 nitrogen and oxygen atoms in total. The van der Waals surface area contributed by atoms with Gasteiger partial charge in [-0.3, -0.25) is 0 Å². The first-order valence-corrected chi connectivity index (χ1v) is 8.96. The van der Waals surface area contributed by atoms with Crippen molar-refractivity contribution >= 4 is 23.1 Å². The lowest BCUT2D eigenvalue weighted by atomic mass is 10.1. The van der Waals surface area contributed by atoms with E-state index in [1.807, 2.05) is 47.0 Å². The summed E-state index contributed by atoms with van der Waals surface area (Å²) in [5.74, 6) is 0.0878. The van der Waals surface area contributed by atoms with Crippen molar-refractivity contribution < 1.29 is 14.3 Å². The van der Waals surface area contributed by atoms with Gasteiger partial charge in [0.2, 0.25) is 11.8 Å². The molecule has 0 fully saturated rings. The predicted molar refractivity (Wildman–Crippen MR) is 107 cm³/mol. The zero-order valence-corrected chi connectivity index (χ0v) is 15.8. The van der Waals surface area contributed by atoms with Crippen molar-refractivity contribution in [2.24, 2.45) is 0 Å². The molecule has 0 radical (unpaired) electrons. The summed E-state index contributed by atoms with van der Waals surface area (Å²) >= 11 is 0. The Morgan fingerprint density at radius 3 is 2.52 bits per heavy atom. The summed E-state index contributed by atoms with van der Waals surface area (Å²) in [5, 5.41) is 0. The van der Waals surface area contributed by atoms with Crippen LogP contribution in [-0.4, -0.2) is 32.6 Å². The second kappa shape index (κ2) is 7.97. The molecule has 0 atom stereocenters. The first-order chi connectivity index (χ1) is 14.1. The van der Waals surface area contributed by atoms with Gasteiger partial charge in [-0.1, -0.05) is 42.5 Å². The van der Waals surface area contributed by atoms with Crippen LogP contribution in [0.5, 0.6) is 5.88 Å². The van der Waals surface area contributed by atoms with Crippen molar-refractivity contribution in [2.45, 2.75) is 13.2 Å². The summed E-state index contributed by atoms with van der Waals surface area (Å²) in [7, 11) is 1.36. The molecule has 2 aromatic heterocycles. The number of anilines is 1. The highest BCUT2D eigenvalue weighted by Gasteiger charge is 2.14. The molecule has 0 bridgehead atoms. The number of fused-ring (bicyclic) bond motifs is 1. The zero-order valence-electron chi connectivity index (χ0n) is 15.8. The molecular formula is C21H19N5O3. The lowest BCUT2D eigenvalue weighted by Gasteiger charge is -2.08. The van der Waals surface area contributed by atoms with E-state index in [2.05, 4.69) is 15.0 Å². The topological polar surface area (TPSA) is 105 Å². The van der Waals surface area contributed by atoms with Crippen LogP contribution in [-0.2, 0) is 17.9 Å². The van der Waals surface area contributed by atoms with E-state index in [0.717, 1.165) is 11.1 Å². The lowest BCUT2D eigenvalue weighted by molar-refractivity contribution is 0.0600. The van der Waals surface area contributed by atoms with Crippen LogP contribution in [0.25, 0.3) is 11.2 Å². The van der Waals surface area contributed by atoms with Gasteiger partial charge < -0.3 is 19.8 Å². The Morgan fingerprint density at radius 1 is 1.03 bits per heavy atom. The number of nitrogens with two attached hydrogens (primary N) is 1. The number of carbonyl (C=O) groups is 1. The van der Waals surface area contributed by atoms with Crippen molar-refractivity contribution in [3.05, 3.63) is 77.6 Å². The molecule has 146 valence electrons. The molecule has 2 aromatic carbocycles. The molecule has 29 heavy (non-hydrogen) atoms. The standard InChI is InChI=1S/C21H19N5O3/c1-28-20(27)16-9-7-14(8-10-16)11-26-13-23-17-18(26)24-21(22)25-19(17)29-12-15-5-3-2-4-6-15/h2-10,13H,11-12H2,1H3,(H2,22,24,25). The zero-order chi connectivity index (χ0) is 20.2. The Kier molecular flexibility index (Phi) is 5.07. The third-order valence-corrected chi connectivity index (χ3v) is 4.40. The second-order valence-electron chi connectivity index (χ2n) is 6.39. The largest absolute Gasteiger partial charge is 0.471 e.